The minimum Gasteiger partial charge on any atom is -0.391 e. The van der Waals surface area contributed by atoms with Gasteiger partial charge >= 0.3 is 7.82 Å². The van der Waals surface area contributed by atoms with Crippen molar-refractivity contribution >= 4 is 13.7 Å². The zero-order valence-electron chi connectivity index (χ0n) is 40.3. The Morgan fingerprint density at radius 3 is 1.14 bits per heavy atom. The first-order valence-electron chi connectivity index (χ1n) is 25.9. The molecule has 1 amide bonds. The van der Waals surface area contributed by atoms with Gasteiger partial charge in [-0.15, -0.1) is 0 Å². The first-order valence-corrected chi connectivity index (χ1v) is 27.4. The Kier molecular flexibility index (Phi) is 42.4. The maximum absolute atomic E-state index is 12.9. The number of nitrogens with one attached hydrogen (secondary N) is 1. The molecule has 0 aromatic rings. The van der Waals surface area contributed by atoms with E-state index >= 15 is 0 Å². The van der Waals surface area contributed by atoms with Crippen molar-refractivity contribution in [3.63, 3.8) is 0 Å². The molecule has 9 heteroatoms. The molecular formula is C50H104N2O6P+. The highest BCUT2D eigenvalue weighted by Crippen LogP contribution is 2.43. The van der Waals surface area contributed by atoms with E-state index in [9.17, 15) is 19.4 Å². The number of likely N-dealkylation sites (N-methyl/N-ethyl adjacent to an activating group) is 1. The van der Waals surface area contributed by atoms with Crippen LogP contribution in [0.2, 0.25) is 0 Å². The van der Waals surface area contributed by atoms with Crippen LogP contribution in [0.25, 0.3) is 0 Å². The van der Waals surface area contributed by atoms with Gasteiger partial charge in [-0.25, -0.2) is 4.57 Å². The third kappa shape index (κ3) is 45.3. The molecule has 59 heavy (non-hydrogen) atoms. The van der Waals surface area contributed by atoms with Crippen LogP contribution in [0.5, 0.6) is 0 Å². The number of nitrogens with zero attached hydrogens (tertiary/aromatic N) is 1. The summed E-state index contributed by atoms with van der Waals surface area (Å²) in [5.41, 5.74) is 0. The summed E-state index contributed by atoms with van der Waals surface area (Å²) in [6, 6.07) is -0.753. The summed E-state index contributed by atoms with van der Waals surface area (Å²) in [5, 5.41) is 14.0. The van der Waals surface area contributed by atoms with Gasteiger partial charge in [0.15, 0.2) is 0 Å². The van der Waals surface area contributed by atoms with E-state index in [1.807, 2.05) is 21.1 Å². The molecule has 3 atom stereocenters. The minimum absolute atomic E-state index is 0.0787. The molecular weight excluding hydrogens is 756 g/mol. The van der Waals surface area contributed by atoms with Crippen molar-refractivity contribution in [1.82, 2.24) is 5.32 Å². The van der Waals surface area contributed by atoms with Crippen LogP contribution >= 0.6 is 7.82 Å². The number of quaternary nitrogens is 1. The minimum atomic E-state index is -4.31. The SMILES string of the molecule is CCCCCCCCCCCCCCCCCCCCCCCCCCC(=O)N[C@@H](COP(=O)(O)OCC[N+](C)(C)C)[C@H](O)CCCCCCCCCCCCCCC. The van der Waals surface area contributed by atoms with Gasteiger partial charge in [0.25, 0.3) is 0 Å². The van der Waals surface area contributed by atoms with E-state index in [2.05, 4.69) is 19.2 Å². The summed E-state index contributed by atoms with van der Waals surface area (Å²) in [4.78, 5) is 23.2. The molecule has 3 N–H and O–H groups in total. The van der Waals surface area contributed by atoms with Gasteiger partial charge in [-0.1, -0.05) is 245 Å². The molecule has 0 bridgehead atoms. The second kappa shape index (κ2) is 42.8. The molecule has 0 spiro atoms. The zero-order valence-corrected chi connectivity index (χ0v) is 41.2. The Morgan fingerprint density at radius 2 is 0.814 bits per heavy atom. The number of phosphoric ester groups is 1. The standard InChI is InChI=1S/C50H103N2O6P/c1-6-8-10-12-14-16-18-20-21-22-23-24-25-26-27-28-29-30-32-34-36-38-40-42-44-50(54)51-48(47-58-59(55,56)57-46-45-52(3,4)5)49(53)43-41-39-37-35-33-31-19-17-15-13-11-9-7-2/h48-49,53H,6-47H2,1-5H3,(H-,51,54,55,56)/p+1/t48-,49+/m0/s1. The third-order valence-corrected chi connectivity index (χ3v) is 13.1. The number of hydrogen-bond acceptors (Lipinski definition) is 5. The van der Waals surface area contributed by atoms with E-state index in [4.69, 9.17) is 9.05 Å². The van der Waals surface area contributed by atoms with E-state index in [0.717, 1.165) is 38.5 Å². The number of carbonyl (C=O) groups is 1. The Morgan fingerprint density at radius 1 is 0.508 bits per heavy atom. The van der Waals surface area contributed by atoms with Gasteiger partial charge in [0.05, 0.1) is 39.9 Å². The van der Waals surface area contributed by atoms with E-state index in [1.165, 1.54) is 199 Å². The van der Waals surface area contributed by atoms with Gasteiger partial charge in [-0.3, -0.25) is 13.8 Å². The van der Waals surface area contributed by atoms with E-state index in [0.29, 0.717) is 23.9 Å². The van der Waals surface area contributed by atoms with Crippen molar-refractivity contribution in [2.24, 2.45) is 0 Å². The van der Waals surface area contributed by atoms with Crippen molar-refractivity contribution in [3.05, 3.63) is 0 Å². The van der Waals surface area contributed by atoms with Gasteiger partial charge in [0, 0.05) is 6.42 Å². The molecule has 0 radical (unpaired) electrons. The molecule has 0 aliphatic heterocycles. The number of aliphatic hydroxyl groups excluding tert-OH is 1. The predicted molar refractivity (Wildman–Crippen MR) is 254 cm³/mol. The Balaban J connectivity index is 4.12. The average Bonchev–Trinajstić information content (AvgIpc) is 3.19. The molecule has 0 saturated carbocycles. The number of unbranched alkanes of at least 4 members (excludes halogenated alkanes) is 35. The fraction of sp³-hybridized carbons (Fsp3) is 0.980. The van der Waals surface area contributed by atoms with Gasteiger partial charge in [-0.2, -0.15) is 0 Å². The summed E-state index contributed by atoms with van der Waals surface area (Å²) in [5.74, 6) is -0.138. The molecule has 0 aliphatic rings. The third-order valence-electron chi connectivity index (χ3n) is 12.1. The second-order valence-corrected chi connectivity index (χ2v) is 20.7. The number of phosphoric acid groups is 1. The molecule has 0 fully saturated rings. The lowest BCUT2D eigenvalue weighted by atomic mass is 10.0. The largest absolute Gasteiger partial charge is 0.472 e. The zero-order chi connectivity index (χ0) is 43.6. The van der Waals surface area contributed by atoms with Gasteiger partial charge in [0.1, 0.15) is 13.2 Å². The molecule has 0 saturated heterocycles. The summed E-state index contributed by atoms with van der Waals surface area (Å²) in [7, 11) is 1.63. The lowest BCUT2D eigenvalue weighted by Crippen LogP contribution is -2.46. The van der Waals surface area contributed by atoms with Crippen LogP contribution in [0.1, 0.15) is 264 Å². The fourth-order valence-electron chi connectivity index (χ4n) is 7.99. The van der Waals surface area contributed by atoms with E-state index in [-0.39, 0.29) is 19.1 Å². The molecule has 0 rings (SSSR count). The van der Waals surface area contributed by atoms with E-state index < -0.39 is 20.0 Å². The summed E-state index contributed by atoms with van der Waals surface area (Å²) < 4.78 is 23.7. The number of rotatable bonds is 48. The van der Waals surface area contributed by atoms with Crippen molar-refractivity contribution in [2.75, 3.05) is 40.9 Å². The maximum atomic E-state index is 12.9. The highest BCUT2D eigenvalue weighted by atomic mass is 31.2. The smallest absolute Gasteiger partial charge is 0.391 e. The van der Waals surface area contributed by atoms with Crippen LogP contribution in [-0.4, -0.2) is 73.4 Å². The second-order valence-electron chi connectivity index (χ2n) is 19.3. The molecule has 1 unspecified atom stereocenters. The van der Waals surface area contributed by atoms with E-state index in [1.54, 1.807) is 0 Å². The predicted octanol–water partition coefficient (Wildman–Crippen LogP) is 14.9. The molecule has 354 valence electrons. The molecule has 0 aromatic heterocycles. The highest BCUT2D eigenvalue weighted by molar-refractivity contribution is 7.47. The fourth-order valence-corrected chi connectivity index (χ4v) is 8.73. The van der Waals surface area contributed by atoms with Crippen molar-refractivity contribution < 1.29 is 32.9 Å². The van der Waals surface area contributed by atoms with Gasteiger partial charge in [-0.05, 0) is 12.8 Å². The van der Waals surface area contributed by atoms with Gasteiger partial charge in [0.2, 0.25) is 5.91 Å². The summed E-state index contributed by atoms with van der Waals surface area (Å²) in [6.45, 7) is 4.92. The van der Waals surface area contributed by atoms with Crippen LogP contribution in [-0.2, 0) is 18.4 Å². The molecule has 0 heterocycles. The van der Waals surface area contributed by atoms with Crippen molar-refractivity contribution in [2.45, 2.75) is 276 Å². The molecule has 0 aliphatic carbocycles. The van der Waals surface area contributed by atoms with Crippen LogP contribution in [0, 0.1) is 0 Å². The first kappa shape index (κ1) is 58.5. The van der Waals surface area contributed by atoms with Crippen LogP contribution in [0.3, 0.4) is 0 Å². The van der Waals surface area contributed by atoms with Crippen molar-refractivity contribution in [1.29, 1.82) is 0 Å². The Hall–Kier alpha value is -0.500. The maximum Gasteiger partial charge on any atom is 0.472 e. The Bertz CT molecular complexity index is 932. The molecule has 8 nitrogen and oxygen atoms in total. The summed E-state index contributed by atoms with van der Waals surface area (Å²) >= 11 is 0. The Labute approximate surface area is 368 Å². The number of carbonyl (C=O) groups excluding carboxylic acids is 1. The number of hydrogen-bond donors (Lipinski definition) is 3. The first-order chi connectivity index (χ1) is 28.5. The van der Waals surface area contributed by atoms with Gasteiger partial charge < -0.3 is 19.8 Å². The average molecular weight is 860 g/mol. The highest BCUT2D eigenvalue weighted by Gasteiger charge is 2.28. The number of amides is 1. The topological polar surface area (TPSA) is 105 Å². The monoisotopic (exact) mass is 860 g/mol. The van der Waals surface area contributed by atoms with Crippen LogP contribution < -0.4 is 5.32 Å². The normalized spacial score (nSPS) is 14.1. The lowest BCUT2D eigenvalue weighted by molar-refractivity contribution is -0.870. The molecule has 0 aromatic carbocycles. The lowest BCUT2D eigenvalue weighted by Gasteiger charge is -2.26. The van der Waals surface area contributed by atoms with Crippen LogP contribution in [0.4, 0.5) is 0 Å². The quantitative estimate of drug-likeness (QED) is 0.0320. The number of aliphatic hydroxyl groups is 1. The van der Waals surface area contributed by atoms with Crippen molar-refractivity contribution in [3.8, 4) is 0 Å². The summed E-state index contributed by atoms with van der Waals surface area (Å²) in [6.07, 6.45) is 48.6. The van der Waals surface area contributed by atoms with Crippen LogP contribution in [0.15, 0.2) is 0 Å².